The summed E-state index contributed by atoms with van der Waals surface area (Å²) < 4.78 is 11.4. The van der Waals surface area contributed by atoms with E-state index in [4.69, 9.17) is 15.3 Å². The van der Waals surface area contributed by atoms with Crippen LogP contribution in [0, 0.1) is 21.4 Å². The fourth-order valence-electron chi connectivity index (χ4n) is 3.03. The summed E-state index contributed by atoms with van der Waals surface area (Å²) in [5.74, 6) is 6.62. The second-order valence-electron chi connectivity index (χ2n) is 6.46. The molecule has 2 N–H and O–H groups in total. The third-order valence-corrected chi connectivity index (χ3v) is 5.11. The molecule has 1 atom stereocenters. The molecule has 31 heavy (non-hydrogen) atoms. The lowest BCUT2D eigenvalue weighted by molar-refractivity contribution is -0.419. The summed E-state index contributed by atoms with van der Waals surface area (Å²) >= 11 is 1.31. The molecule has 9 nitrogen and oxygen atoms in total. The molecule has 0 aliphatic carbocycles. The molecule has 0 radical (unpaired) electrons. The predicted molar refractivity (Wildman–Crippen MR) is 118 cm³/mol. The first-order valence-corrected chi connectivity index (χ1v) is 10.7. The number of allylic oxidation sites excluding steroid dienone is 1. The number of benzene rings is 2. The maximum absolute atomic E-state index is 12.0. The van der Waals surface area contributed by atoms with Crippen LogP contribution in [0.1, 0.15) is 18.1 Å². The van der Waals surface area contributed by atoms with Crippen LogP contribution in [0.4, 0.5) is 0 Å². The number of nitriles is 1. The Morgan fingerprint density at radius 2 is 2.00 bits per heavy atom. The molecular formula is C21H21N5O4S. The Morgan fingerprint density at radius 1 is 1.29 bits per heavy atom. The number of nitrogens with two attached hydrogens (primary N) is 1. The van der Waals surface area contributed by atoms with Gasteiger partial charge in [-0.25, -0.2) is 15.8 Å². The Bertz CT molecular complexity index is 1070. The highest BCUT2D eigenvalue weighted by molar-refractivity contribution is 7.99. The van der Waals surface area contributed by atoms with Gasteiger partial charge in [0.2, 0.25) is 0 Å². The van der Waals surface area contributed by atoms with Crippen molar-refractivity contribution >= 4 is 17.5 Å². The van der Waals surface area contributed by atoms with E-state index in [1.807, 2.05) is 43.3 Å². The smallest absolute Gasteiger partial charge is 0.351 e. The molecule has 2 aromatic carbocycles. The molecule has 2 aromatic rings. The second kappa shape index (κ2) is 9.97. The molecule has 0 saturated heterocycles. The van der Waals surface area contributed by atoms with Gasteiger partial charge < -0.3 is 9.47 Å². The number of hydrazine groups is 1. The molecule has 1 aliphatic rings. The first kappa shape index (κ1) is 22.1. The summed E-state index contributed by atoms with van der Waals surface area (Å²) in [5, 5.41) is 22.4. The molecule has 0 saturated carbocycles. The Hall–Kier alpha value is -3.55. The zero-order chi connectivity index (χ0) is 22.4. The van der Waals surface area contributed by atoms with E-state index in [0.717, 1.165) is 10.6 Å². The van der Waals surface area contributed by atoms with Gasteiger partial charge in [-0.1, -0.05) is 30.3 Å². The van der Waals surface area contributed by atoms with Crippen LogP contribution < -0.4 is 15.3 Å². The van der Waals surface area contributed by atoms with Gasteiger partial charge in [0, 0.05) is 12.5 Å². The van der Waals surface area contributed by atoms with Gasteiger partial charge >= 0.3 is 5.70 Å². The van der Waals surface area contributed by atoms with Gasteiger partial charge in [0.25, 0.3) is 5.88 Å². The Kier molecular flexibility index (Phi) is 7.12. The lowest BCUT2D eigenvalue weighted by Gasteiger charge is -2.30. The van der Waals surface area contributed by atoms with Gasteiger partial charge in [-0.05, 0) is 30.9 Å². The quantitative estimate of drug-likeness (QED) is 0.377. The van der Waals surface area contributed by atoms with E-state index in [1.165, 1.54) is 17.8 Å². The molecular weight excluding hydrogens is 418 g/mol. The van der Waals surface area contributed by atoms with E-state index in [1.54, 1.807) is 18.4 Å². The molecule has 0 aromatic heterocycles. The lowest BCUT2D eigenvalue weighted by atomic mass is 10.1. The Morgan fingerprint density at radius 3 is 2.61 bits per heavy atom. The number of hydrogen-bond donors (Lipinski definition) is 1. The van der Waals surface area contributed by atoms with Crippen LogP contribution in [0.2, 0.25) is 0 Å². The number of thioether (sulfide) groups is 1. The van der Waals surface area contributed by atoms with Crippen LogP contribution in [0.5, 0.6) is 11.5 Å². The van der Waals surface area contributed by atoms with E-state index in [9.17, 15) is 15.4 Å². The molecule has 0 bridgehead atoms. The third kappa shape index (κ3) is 5.14. The number of nitrogens with zero attached hydrogens (tertiary/aromatic N) is 4. The molecule has 160 valence electrons. The van der Waals surface area contributed by atoms with Crippen LogP contribution in [-0.4, -0.2) is 34.0 Å². The third-order valence-electron chi connectivity index (χ3n) is 4.36. The van der Waals surface area contributed by atoms with Gasteiger partial charge in [-0.2, -0.15) is 5.26 Å². The van der Waals surface area contributed by atoms with Crippen LogP contribution in [0.25, 0.3) is 0 Å². The Labute approximate surface area is 183 Å². The van der Waals surface area contributed by atoms with Gasteiger partial charge in [0.15, 0.2) is 5.50 Å². The minimum Gasteiger partial charge on any atom is -0.494 e. The fraction of sp³-hybridized carbons (Fsp3) is 0.238. The van der Waals surface area contributed by atoms with E-state index >= 15 is 0 Å². The van der Waals surface area contributed by atoms with Crippen molar-refractivity contribution in [3.63, 3.8) is 0 Å². The van der Waals surface area contributed by atoms with Gasteiger partial charge in [-0.15, -0.1) is 11.8 Å². The highest BCUT2D eigenvalue weighted by Crippen LogP contribution is 2.31. The van der Waals surface area contributed by atoms with Crippen molar-refractivity contribution in [2.24, 2.45) is 10.8 Å². The Balaban J connectivity index is 2.06. The van der Waals surface area contributed by atoms with Crippen LogP contribution in [0.3, 0.4) is 0 Å². The van der Waals surface area contributed by atoms with Gasteiger partial charge in [0.1, 0.15) is 17.2 Å². The molecule has 10 heteroatoms. The molecule has 0 fully saturated rings. The van der Waals surface area contributed by atoms with E-state index < -0.39 is 10.4 Å². The number of ether oxygens (including phenoxy) is 2. The SMILES string of the molecule is CCOc1cc(C#N)cc(OC2=C([N+](=O)[O-])C(Cc3ccccc3)=NC(SC)N2N)c1. The van der Waals surface area contributed by atoms with Crippen molar-refractivity contribution in [1.29, 1.82) is 5.26 Å². The molecule has 1 heterocycles. The summed E-state index contributed by atoms with van der Waals surface area (Å²) in [5.41, 5.74) is 0.493. The van der Waals surface area contributed by atoms with Crippen molar-refractivity contribution in [2.75, 3.05) is 12.9 Å². The summed E-state index contributed by atoms with van der Waals surface area (Å²) in [6, 6.07) is 15.9. The zero-order valence-electron chi connectivity index (χ0n) is 17.0. The highest BCUT2D eigenvalue weighted by Gasteiger charge is 2.38. The number of rotatable bonds is 8. The maximum Gasteiger partial charge on any atom is 0.351 e. The van der Waals surface area contributed by atoms with E-state index in [0.29, 0.717) is 17.9 Å². The molecule has 1 aliphatic heterocycles. The maximum atomic E-state index is 12.0. The summed E-state index contributed by atoms with van der Waals surface area (Å²) in [4.78, 5) is 15.9. The van der Waals surface area contributed by atoms with Crippen molar-refractivity contribution in [3.05, 3.63) is 81.4 Å². The first-order chi connectivity index (χ1) is 15.0. The first-order valence-electron chi connectivity index (χ1n) is 9.39. The normalized spacial score (nSPS) is 15.9. The van der Waals surface area contributed by atoms with Crippen molar-refractivity contribution < 1.29 is 14.4 Å². The fourth-order valence-corrected chi connectivity index (χ4v) is 3.58. The molecule has 3 rings (SSSR count). The lowest BCUT2D eigenvalue weighted by Crippen LogP contribution is -2.45. The van der Waals surface area contributed by atoms with Crippen molar-refractivity contribution in [3.8, 4) is 17.6 Å². The van der Waals surface area contributed by atoms with Crippen molar-refractivity contribution in [1.82, 2.24) is 5.01 Å². The molecule has 0 spiro atoms. The van der Waals surface area contributed by atoms with Crippen LogP contribution in [-0.2, 0) is 6.42 Å². The largest absolute Gasteiger partial charge is 0.494 e. The monoisotopic (exact) mass is 439 g/mol. The minimum absolute atomic E-state index is 0.150. The molecule has 0 amide bonds. The summed E-state index contributed by atoms with van der Waals surface area (Å²) in [6.07, 6.45) is 2.05. The van der Waals surface area contributed by atoms with Gasteiger partial charge in [0.05, 0.1) is 23.2 Å². The predicted octanol–water partition coefficient (Wildman–Crippen LogP) is 3.30. The summed E-state index contributed by atoms with van der Waals surface area (Å²) in [7, 11) is 0. The standard InChI is InChI=1S/C21H21N5O4S/c1-3-29-16-9-15(13-22)10-17(12-16)30-20-19(26(27)28)18(24-21(31-2)25(20)23)11-14-7-5-4-6-8-14/h4-10,12,21H,3,11,23H2,1-2H3. The average Bonchev–Trinajstić information content (AvgIpc) is 2.76. The zero-order valence-corrected chi connectivity index (χ0v) is 17.8. The summed E-state index contributed by atoms with van der Waals surface area (Å²) in [6.45, 7) is 2.20. The topological polar surface area (TPSA) is 127 Å². The number of nitro groups is 1. The van der Waals surface area contributed by atoms with Gasteiger partial charge in [-0.3, -0.25) is 10.1 Å². The average molecular weight is 439 g/mol. The number of hydrogen-bond acceptors (Lipinski definition) is 9. The van der Waals surface area contributed by atoms with Crippen LogP contribution in [0.15, 0.2) is 65.1 Å². The van der Waals surface area contributed by atoms with Crippen molar-refractivity contribution in [2.45, 2.75) is 18.8 Å². The van der Waals surface area contributed by atoms with E-state index in [-0.39, 0.29) is 29.5 Å². The molecule has 1 unspecified atom stereocenters. The number of aliphatic imine (C=N–C) groups is 1. The highest BCUT2D eigenvalue weighted by atomic mass is 32.2. The van der Waals surface area contributed by atoms with E-state index in [2.05, 4.69) is 4.99 Å². The second-order valence-corrected chi connectivity index (χ2v) is 7.35. The minimum atomic E-state index is -0.608. The van der Waals surface area contributed by atoms with Crippen LogP contribution >= 0.6 is 11.8 Å².